The van der Waals surface area contributed by atoms with Crippen LogP contribution in [0.1, 0.15) is 29.9 Å². The summed E-state index contributed by atoms with van der Waals surface area (Å²) in [5, 5.41) is 5.61. The molecule has 0 aromatic carbocycles. The zero-order valence-electron chi connectivity index (χ0n) is 18.6. The standard InChI is InChI=1S/C23H33N5O2S.HI/c29-22(27-10-2-1-3-11-27)19-26-12-14-28(15-13-26)23(25-18-21-7-5-17-31-21)24-9-8-20-6-4-16-30-20;/h4-7,16-17H,1-3,8-15,18-19H2,(H,24,25);1H. The van der Waals surface area contributed by atoms with Crippen molar-refractivity contribution < 1.29 is 9.21 Å². The van der Waals surface area contributed by atoms with Crippen LogP contribution in [0.3, 0.4) is 0 Å². The van der Waals surface area contributed by atoms with Gasteiger partial charge in [0, 0.05) is 57.1 Å². The van der Waals surface area contributed by atoms with Crippen molar-refractivity contribution >= 4 is 47.2 Å². The number of thiophene rings is 1. The number of furan rings is 1. The highest BCUT2D eigenvalue weighted by Crippen LogP contribution is 2.12. The molecule has 2 aromatic rings. The summed E-state index contributed by atoms with van der Waals surface area (Å²) in [4.78, 5) is 25.4. The van der Waals surface area contributed by atoms with Gasteiger partial charge in [0.25, 0.3) is 0 Å². The molecule has 0 radical (unpaired) electrons. The lowest BCUT2D eigenvalue weighted by molar-refractivity contribution is -0.133. The van der Waals surface area contributed by atoms with Crippen LogP contribution in [0.4, 0.5) is 0 Å². The first-order chi connectivity index (χ1) is 15.3. The summed E-state index contributed by atoms with van der Waals surface area (Å²) in [6.45, 7) is 7.40. The summed E-state index contributed by atoms with van der Waals surface area (Å²) in [5.41, 5.74) is 0. The first-order valence-corrected chi connectivity index (χ1v) is 12.2. The van der Waals surface area contributed by atoms with Gasteiger partial charge in [0.1, 0.15) is 5.76 Å². The largest absolute Gasteiger partial charge is 0.469 e. The molecule has 0 atom stereocenters. The predicted octanol–water partition coefficient (Wildman–Crippen LogP) is 3.28. The van der Waals surface area contributed by atoms with Crippen molar-refractivity contribution in [3.8, 4) is 0 Å². The second-order valence-corrected chi connectivity index (χ2v) is 9.21. The molecule has 2 aromatic heterocycles. The van der Waals surface area contributed by atoms with Crippen LogP contribution in [0.5, 0.6) is 0 Å². The van der Waals surface area contributed by atoms with Crippen molar-refractivity contribution in [1.82, 2.24) is 20.0 Å². The van der Waals surface area contributed by atoms with Gasteiger partial charge in [0.15, 0.2) is 5.96 Å². The average molecular weight is 572 g/mol. The van der Waals surface area contributed by atoms with E-state index in [1.54, 1.807) is 17.6 Å². The van der Waals surface area contributed by atoms with Gasteiger partial charge in [-0.25, -0.2) is 4.99 Å². The minimum atomic E-state index is 0. The molecule has 4 rings (SSSR count). The minimum absolute atomic E-state index is 0. The van der Waals surface area contributed by atoms with Crippen molar-refractivity contribution in [3.63, 3.8) is 0 Å². The third kappa shape index (κ3) is 7.48. The van der Waals surface area contributed by atoms with Gasteiger partial charge in [-0.1, -0.05) is 6.07 Å². The number of carbonyl (C=O) groups excluding carboxylic acids is 1. The van der Waals surface area contributed by atoms with Crippen molar-refractivity contribution in [3.05, 3.63) is 46.5 Å². The molecule has 0 bridgehead atoms. The zero-order chi connectivity index (χ0) is 21.3. The number of halogens is 1. The van der Waals surface area contributed by atoms with Gasteiger partial charge in [-0.2, -0.15) is 0 Å². The van der Waals surface area contributed by atoms with Crippen LogP contribution in [-0.2, 0) is 17.8 Å². The molecular formula is C23H34IN5O2S. The number of nitrogens with one attached hydrogen (secondary N) is 1. The molecule has 0 saturated carbocycles. The lowest BCUT2D eigenvalue weighted by atomic mass is 10.1. The highest BCUT2D eigenvalue weighted by molar-refractivity contribution is 14.0. The summed E-state index contributed by atoms with van der Waals surface area (Å²) in [6, 6.07) is 8.12. The fourth-order valence-electron chi connectivity index (χ4n) is 4.13. The van der Waals surface area contributed by atoms with Gasteiger partial charge in [-0.05, 0) is 42.8 Å². The van der Waals surface area contributed by atoms with E-state index < -0.39 is 0 Å². The SMILES string of the molecule is I.O=C(CN1CCN(C(=NCc2cccs2)NCCc2ccco2)CC1)N1CCCCC1. The summed E-state index contributed by atoms with van der Waals surface area (Å²) in [5.74, 6) is 2.21. The fourth-order valence-corrected chi connectivity index (χ4v) is 4.76. The maximum absolute atomic E-state index is 12.6. The molecule has 0 spiro atoms. The van der Waals surface area contributed by atoms with Crippen LogP contribution >= 0.6 is 35.3 Å². The Labute approximate surface area is 211 Å². The van der Waals surface area contributed by atoms with Crippen LogP contribution in [0, 0.1) is 0 Å². The van der Waals surface area contributed by atoms with Gasteiger partial charge in [-0.15, -0.1) is 35.3 Å². The molecule has 7 nitrogen and oxygen atoms in total. The van der Waals surface area contributed by atoms with Crippen LogP contribution in [0.2, 0.25) is 0 Å². The van der Waals surface area contributed by atoms with Crippen LogP contribution < -0.4 is 5.32 Å². The molecule has 0 aliphatic carbocycles. The number of amides is 1. The van der Waals surface area contributed by atoms with E-state index in [0.29, 0.717) is 13.1 Å². The molecule has 2 fully saturated rings. The van der Waals surface area contributed by atoms with Gasteiger partial charge in [0.05, 0.1) is 19.4 Å². The second kappa shape index (κ2) is 13.2. The molecule has 0 unspecified atom stereocenters. The number of piperidine rings is 1. The summed E-state index contributed by atoms with van der Waals surface area (Å²) < 4.78 is 5.45. The third-order valence-electron chi connectivity index (χ3n) is 5.94. The second-order valence-electron chi connectivity index (χ2n) is 8.18. The Morgan fingerprint density at radius 1 is 1.03 bits per heavy atom. The predicted molar refractivity (Wildman–Crippen MR) is 140 cm³/mol. The number of aliphatic imine (C=N–C) groups is 1. The molecule has 4 heterocycles. The van der Waals surface area contributed by atoms with Crippen LogP contribution in [-0.4, -0.2) is 78.9 Å². The first kappa shape index (κ1) is 25.0. The number of nitrogens with zero attached hydrogens (tertiary/aromatic N) is 4. The summed E-state index contributed by atoms with van der Waals surface area (Å²) in [7, 11) is 0. The van der Waals surface area contributed by atoms with Crippen molar-refractivity contribution in [2.45, 2.75) is 32.2 Å². The van der Waals surface area contributed by atoms with E-state index in [0.717, 1.165) is 76.8 Å². The molecule has 2 aliphatic heterocycles. The lowest BCUT2D eigenvalue weighted by Crippen LogP contribution is -2.54. The van der Waals surface area contributed by atoms with E-state index in [1.807, 2.05) is 17.0 Å². The van der Waals surface area contributed by atoms with E-state index in [4.69, 9.17) is 9.41 Å². The number of hydrogen-bond acceptors (Lipinski definition) is 5. The van der Waals surface area contributed by atoms with Gasteiger partial charge in [0.2, 0.25) is 5.91 Å². The fraction of sp³-hybridized carbons (Fsp3) is 0.565. The average Bonchev–Trinajstić information content (AvgIpc) is 3.52. The smallest absolute Gasteiger partial charge is 0.236 e. The van der Waals surface area contributed by atoms with Crippen LogP contribution in [0.15, 0.2) is 45.3 Å². The normalized spacial score (nSPS) is 17.8. The Morgan fingerprint density at radius 3 is 2.53 bits per heavy atom. The van der Waals surface area contributed by atoms with E-state index in [2.05, 4.69) is 32.6 Å². The maximum atomic E-state index is 12.6. The number of rotatable bonds is 7. The first-order valence-electron chi connectivity index (χ1n) is 11.4. The maximum Gasteiger partial charge on any atom is 0.236 e. The molecule has 2 saturated heterocycles. The molecule has 32 heavy (non-hydrogen) atoms. The monoisotopic (exact) mass is 571 g/mol. The Morgan fingerprint density at radius 2 is 1.84 bits per heavy atom. The number of hydrogen-bond donors (Lipinski definition) is 1. The van der Waals surface area contributed by atoms with Gasteiger partial charge < -0.3 is 19.5 Å². The Bertz CT molecular complexity index is 814. The van der Waals surface area contributed by atoms with Crippen molar-refractivity contribution in [1.29, 1.82) is 0 Å². The molecule has 1 amide bonds. The number of carbonyl (C=O) groups is 1. The third-order valence-corrected chi connectivity index (χ3v) is 6.80. The van der Waals surface area contributed by atoms with E-state index in [-0.39, 0.29) is 29.9 Å². The molecule has 9 heteroatoms. The van der Waals surface area contributed by atoms with Gasteiger partial charge in [-0.3, -0.25) is 9.69 Å². The quantitative estimate of drug-likeness (QED) is 0.314. The van der Waals surface area contributed by atoms with Crippen molar-refractivity contribution in [2.24, 2.45) is 4.99 Å². The summed E-state index contributed by atoms with van der Waals surface area (Å²) in [6.07, 6.45) is 6.09. The van der Waals surface area contributed by atoms with E-state index >= 15 is 0 Å². The Balaban J connectivity index is 0.00000289. The van der Waals surface area contributed by atoms with Crippen molar-refractivity contribution in [2.75, 3.05) is 52.4 Å². The number of piperazine rings is 1. The topological polar surface area (TPSA) is 64.3 Å². The zero-order valence-corrected chi connectivity index (χ0v) is 21.7. The minimum Gasteiger partial charge on any atom is -0.469 e. The van der Waals surface area contributed by atoms with Crippen LogP contribution in [0.25, 0.3) is 0 Å². The summed E-state index contributed by atoms with van der Waals surface area (Å²) >= 11 is 1.74. The highest BCUT2D eigenvalue weighted by atomic mass is 127. The highest BCUT2D eigenvalue weighted by Gasteiger charge is 2.24. The van der Waals surface area contributed by atoms with Gasteiger partial charge >= 0.3 is 0 Å². The number of likely N-dealkylation sites (tertiary alicyclic amines) is 1. The molecule has 1 N–H and O–H groups in total. The molecule has 2 aliphatic rings. The van der Waals surface area contributed by atoms with E-state index in [1.165, 1.54) is 11.3 Å². The van der Waals surface area contributed by atoms with E-state index in [9.17, 15) is 4.79 Å². The number of guanidine groups is 1. The Kier molecular flexibility index (Phi) is 10.3. The lowest BCUT2D eigenvalue weighted by Gasteiger charge is -2.37. The Hall–Kier alpha value is -1.59. The molecule has 176 valence electrons. The molecular weight excluding hydrogens is 537 g/mol.